The zero-order valence-corrected chi connectivity index (χ0v) is 13.5. The van der Waals surface area contributed by atoms with Crippen LogP contribution < -0.4 is 4.74 Å². The lowest BCUT2D eigenvalue weighted by Crippen LogP contribution is -2.32. The molecular formula is C17H19FN2O4. The minimum Gasteiger partial charge on any atom is -0.486 e. The molecule has 6 nitrogen and oxygen atoms in total. The van der Waals surface area contributed by atoms with E-state index < -0.39 is 18.0 Å². The second-order valence-corrected chi connectivity index (χ2v) is 5.81. The van der Waals surface area contributed by atoms with Gasteiger partial charge in [-0.1, -0.05) is 18.1 Å². The molecule has 0 unspecified atom stereocenters. The molecule has 128 valence electrons. The van der Waals surface area contributed by atoms with Crippen LogP contribution in [-0.2, 0) is 6.42 Å². The highest BCUT2D eigenvalue weighted by Crippen LogP contribution is 2.23. The first-order valence-corrected chi connectivity index (χ1v) is 7.84. The molecule has 1 aromatic heterocycles. The average Bonchev–Trinajstić information content (AvgIpc) is 3.10. The molecule has 1 amide bonds. The minimum atomic E-state index is -0.845. The van der Waals surface area contributed by atoms with Gasteiger partial charge in [-0.25, -0.2) is 4.39 Å². The van der Waals surface area contributed by atoms with E-state index >= 15 is 0 Å². The SMILES string of the molecule is CCc1noc(C)c1C(=O)N1C[C@@H](O)[C@H](Oc2cccc(F)c2)C1. The highest BCUT2D eigenvalue weighted by atomic mass is 19.1. The van der Waals surface area contributed by atoms with Crippen molar-refractivity contribution < 1.29 is 23.6 Å². The third-order valence-corrected chi connectivity index (χ3v) is 4.09. The average molecular weight is 334 g/mol. The molecule has 0 radical (unpaired) electrons. The maximum absolute atomic E-state index is 13.2. The van der Waals surface area contributed by atoms with Crippen LogP contribution >= 0.6 is 0 Å². The second kappa shape index (κ2) is 6.60. The second-order valence-electron chi connectivity index (χ2n) is 5.81. The molecule has 7 heteroatoms. The Labute approximate surface area is 138 Å². The van der Waals surface area contributed by atoms with Crippen LogP contribution in [0.5, 0.6) is 5.75 Å². The Kier molecular flexibility index (Phi) is 4.53. The number of ether oxygens (including phenoxy) is 1. The van der Waals surface area contributed by atoms with Crippen molar-refractivity contribution in [1.29, 1.82) is 0 Å². The van der Waals surface area contributed by atoms with Gasteiger partial charge in [0, 0.05) is 6.07 Å². The summed E-state index contributed by atoms with van der Waals surface area (Å²) in [4.78, 5) is 14.2. The van der Waals surface area contributed by atoms with Gasteiger partial charge in [0.1, 0.15) is 35.1 Å². The van der Waals surface area contributed by atoms with Gasteiger partial charge in [-0.3, -0.25) is 4.79 Å². The fourth-order valence-corrected chi connectivity index (χ4v) is 2.85. The molecule has 0 saturated carbocycles. The quantitative estimate of drug-likeness (QED) is 0.925. The lowest BCUT2D eigenvalue weighted by molar-refractivity contribution is 0.0727. The van der Waals surface area contributed by atoms with Gasteiger partial charge in [-0.15, -0.1) is 0 Å². The Balaban J connectivity index is 1.73. The number of halogens is 1. The number of carbonyl (C=O) groups is 1. The highest BCUT2D eigenvalue weighted by Gasteiger charge is 2.37. The molecule has 1 N–H and O–H groups in total. The van der Waals surface area contributed by atoms with E-state index in [4.69, 9.17) is 9.26 Å². The van der Waals surface area contributed by atoms with Crippen molar-refractivity contribution >= 4 is 5.91 Å². The Hall–Kier alpha value is -2.41. The van der Waals surface area contributed by atoms with Crippen LogP contribution in [0.4, 0.5) is 4.39 Å². The molecule has 1 fully saturated rings. The molecule has 0 aliphatic carbocycles. The number of aryl methyl sites for hydroxylation is 2. The first-order valence-electron chi connectivity index (χ1n) is 7.84. The Morgan fingerprint density at radius 3 is 3.00 bits per heavy atom. The van der Waals surface area contributed by atoms with E-state index in [9.17, 15) is 14.3 Å². The molecule has 1 aliphatic rings. The summed E-state index contributed by atoms with van der Waals surface area (Å²) < 4.78 is 24.0. The van der Waals surface area contributed by atoms with Gasteiger partial charge >= 0.3 is 0 Å². The predicted octanol–water partition coefficient (Wildman–Crippen LogP) is 1.95. The van der Waals surface area contributed by atoms with Gasteiger partial charge in [0.25, 0.3) is 5.91 Å². The van der Waals surface area contributed by atoms with Gasteiger partial charge in [-0.05, 0) is 25.5 Å². The van der Waals surface area contributed by atoms with Crippen LogP contribution in [0.1, 0.15) is 28.7 Å². The number of aliphatic hydroxyl groups excluding tert-OH is 1. The number of likely N-dealkylation sites (tertiary alicyclic amines) is 1. The van der Waals surface area contributed by atoms with Crippen molar-refractivity contribution in [2.45, 2.75) is 32.5 Å². The maximum Gasteiger partial charge on any atom is 0.259 e. The molecule has 2 atom stereocenters. The molecule has 1 aromatic carbocycles. The molecule has 24 heavy (non-hydrogen) atoms. The van der Waals surface area contributed by atoms with Gasteiger partial charge in [0.2, 0.25) is 0 Å². The van der Waals surface area contributed by atoms with Crippen molar-refractivity contribution in [3.05, 3.63) is 47.1 Å². The van der Waals surface area contributed by atoms with Gasteiger partial charge in [0.15, 0.2) is 0 Å². The first kappa shape index (κ1) is 16.4. The minimum absolute atomic E-state index is 0.145. The molecular weight excluding hydrogens is 315 g/mol. The van der Waals surface area contributed by atoms with Crippen LogP contribution in [0.3, 0.4) is 0 Å². The summed E-state index contributed by atoms with van der Waals surface area (Å²) in [6, 6.07) is 5.70. The summed E-state index contributed by atoms with van der Waals surface area (Å²) >= 11 is 0. The molecule has 0 bridgehead atoms. The maximum atomic E-state index is 13.2. The summed E-state index contributed by atoms with van der Waals surface area (Å²) in [6.07, 6.45) is -0.874. The Morgan fingerprint density at radius 1 is 1.50 bits per heavy atom. The molecule has 1 saturated heterocycles. The topological polar surface area (TPSA) is 75.8 Å². The third-order valence-electron chi connectivity index (χ3n) is 4.09. The smallest absolute Gasteiger partial charge is 0.259 e. The summed E-state index contributed by atoms with van der Waals surface area (Å²) in [6.45, 7) is 3.94. The standard InChI is InChI=1S/C17H19FN2O4/c1-3-13-16(10(2)24-19-13)17(22)20-8-14(21)15(9-20)23-12-6-4-5-11(18)7-12/h4-7,14-15,21H,3,8-9H2,1-2H3/t14-,15-/m1/s1. The number of amides is 1. The van der Waals surface area contributed by atoms with Crippen LogP contribution in [0, 0.1) is 12.7 Å². The van der Waals surface area contributed by atoms with Crippen molar-refractivity contribution in [3.8, 4) is 5.75 Å². The largest absolute Gasteiger partial charge is 0.486 e. The summed E-state index contributed by atoms with van der Waals surface area (Å²) in [5.74, 6) is 0.125. The fraction of sp³-hybridized carbons (Fsp3) is 0.412. The van der Waals surface area contributed by atoms with Gasteiger partial charge in [-0.2, -0.15) is 0 Å². The normalized spacial score (nSPS) is 20.4. The molecule has 1 aliphatic heterocycles. The number of hydrogen-bond acceptors (Lipinski definition) is 5. The number of hydrogen-bond donors (Lipinski definition) is 1. The fourth-order valence-electron chi connectivity index (χ4n) is 2.85. The summed E-state index contributed by atoms with van der Waals surface area (Å²) in [5.41, 5.74) is 1.04. The van der Waals surface area contributed by atoms with E-state index in [1.54, 1.807) is 13.0 Å². The van der Waals surface area contributed by atoms with Gasteiger partial charge in [0.05, 0.1) is 18.8 Å². The summed E-state index contributed by atoms with van der Waals surface area (Å²) in [5, 5.41) is 14.1. The van der Waals surface area contributed by atoms with Crippen LogP contribution in [-0.4, -0.2) is 46.4 Å². The number of aliphatic hydroxyl groups is 1. The Morgan fingerprint density at radius 2 is 2.29 bits per heavy atom. The number of carbonyl (C=O) groups excluding carboxylic acids is 1. The van der Waals surface area contributed by atoms with Crippen LogP contribution in [0.15, 0.2) is 28.8 Å². The third kappa shape index (κ3) is 3.12. The van der Waals surface area contributed by atoms with E-state index in [0.29, 0.717) is 29.2 Å². The number of nitrogens with zero attached hydrogens (tertiary/aromatic N) is 2. The highest BCUT2D eigenvalue weighted by molar-refractivity contribution is 5.96. The van der Waals surface area contributed by atoms with E-state index in [1.807, 2.05) is 6.92 Å². The Bertz CT molecular complexity index is 746. The number of β-amino-alcohol motifs (C(OH)–C–C–N with tert-alkyl or cyclic N) is 1. The molecule has 3 rings (SSSR count). The van der Waals surface area contributed by atoms with Crippen molar-refractivity contribution in [2.24, 2.45) is 0 Å². The first-order chi connectivity index (χ1) is 11.5. The lowest BCUT2D eigenvalue weighted by atomic mass is 10.1. The lowest BCUT2D eigenvalue weighted by Gasteiger charge is -2.17. The molecule has 0 spiro atoms. The van der Waals surface area contributed by atoms with E-state index in [2.05, 4.69) is 5.16 Å². The predicted molar refractivity (Wildman–Crippen MR) is 83.3 cm³/mol. The number of rotatable bonds is 4. The monoisotopic (exact) mass is 334 g/mol. The molecule has 2 heterocycles. The van der Waals surface area contributed by atoms with Crippen LogP contribution in [0.25, 0.3) is 0 Å². The van der Waals surface area contributed by atoms with E-state index in [0.717, 1.165) is 0 Å². The van der Waals surface area contributed by atoms with Gasteiger partial charge < -0.3 is 19.3 Å². The van der Waals surface area contributed by atoms with Crippen LogP contribution in [0.2, 0.25) is 0 Å². The van der Waals surface area contributed by atoms with Crippen molar-refractivity contribution in [3.63, 3.8) is 0 Å². The zero-order chi connectivity index (χ0) is 17.3. The number of benzene rings is 1. The van der Waals surface area contributed by atoms with Crippen molar-refractivity contribution in [1.82, 2.24) is 10.1 Å². The van der Waals surface area contributed by atoms with Crippen molar-refractivity contribution in [2.75, 3.05) is 13.1 Å². The molecule has 2 aromatic rings. The zero-order valence-electron chi connectivity index (χ0n) is 13.5. The van der Waals surface area contributed by atoms with E-state index in [-0.39, 0.29) is 19.0 Å². The van der Waals surface area contributed by atoms with E-state index in [1.165, 1.54) is 23.1 Å². The number of aromatic nitrogens is 1. The summed E-state index contributed by atoms with van der Waals surface area (Å²) in [7, 11) is 0.